The molecule has 3 aliphatic rings. The normalized spacial score (nSPS) is 21.3. The number of rotatable bonds is 5. The molecule has 14 heteroatoms. The first-order valence-corrected chi connectivity index (χ1v) is 12.7. The van der Waals surface area contributed by atoms with Crippen molar-refractivity contribution in [2.45, 2.75) is 44.4 Å². The second-order valence-corrected chi connectivity index (χ2v) is 10.2. The van der Waals surface area contributed by atoms with Crippen molar-refractivity contribution in [2.24, 2.45) is 0 Å². The first kappa shape index (κ1) is 26.2. The number of nitrogens with one attached hydrogen (secondary N) is 1. The summed E-state index contributed by atoms with van der Waals surface area (Å²) in [6.45, 7) is 5.46. The van der Waals surface area contributed by atoms with E-state index < -0.39 is 23.6 Å². The van der Waals surface area contributed by atoms with Crippen molar-refractivity contribution in [1.29, 1.82) is 0 Å². The van der Waals surface area contributed by atoms with E-state index in [0.29, 0.717) is 37.6 Å². The van der Waals surface area contributed by atoms with Gasteiger partial charge in [-0.25, -0.2) is 19.7 Å². The van der Waals surface area contributed by atoms with Gasteiger partial charge in [0.2, 0.25) is 0 Å². The molecule has 2 amide bonds. The van der Waals surface area contributed by atoms with Crippen molar-refractivity contribution in [3.63, 3.8) is 0 Å². The smallest absolute Gasteiger partial charge is 0.416 e. The Hall–Kier alpha value is -4.04. The first-order chi connectivity index (χ1) is 19.1. The molecular formula is C26H26F3N7O4. The lowest BCUT2D eigenvalue weighted by Crippen LogP contribution is -2.48. The number of anilines is 3. The number of hydrogen-bond donors (Lipinski definition) is 1. The standard InChI is InChI=1S/C26H26F3N7O4/c1-25(2)39-14-18(40-25)13-38-23-30-8-6-20(32-23)33-24(37)36-17-7-9-35(12-17)19-11-31-21(34-22(19)36)15-4-3-5-16(10-15)26(27,28)29/h3-6,8,10-11,17-18H,7,9,12-14H2,1-2H3,(H,30,32,33,37)/t17?,18-/m1/s1. The third-order valence-corrected chi connectivity index (χ3v) is 6.85. The monoisotopic (exact) mass is 557 g/mol. The lowest BCUT2D eigenvalue weighted by atomic mass is 10.1. The maximum absolute atomic E-state index is 13.6. The van der Waals surface area contributed by atoms with E-state index >= 15 is 0 Å². The minimum absolute atomic E-state index is 0.0614. The number of urea groups is 1. The zero-order chi connectivity index (χ0) is 28.1. The highest BCUT2D eigenvalue weighted by molar-refractivity contribution is 6.04. The summed E-state index contributed by atoms with van der Waals surface area (Å²) in [6, 6.07) is 5.72. The molecule has 0 saturated carbocycles. The minimum Gasteiger partial charge on any atom is -0.461 e. The van der Waals surface area contributed by atoms with Gasteiger partial charge in [0.25, 0.3) is 0 Å². The number of aromatic nitrogens is 4. The van der Waals surface area contributed by atoms with Crippen molar-refractivity contribution in [3.8, 4) is 17.4 Å². The number of ether oxygens (including phenoxy) is 3. The van der Waals surface area contributed by atoms with Gasteiger partial charge < -0.3 is 19.1 Å². The van der Waals surface area contributed by atoms with Gasteiger partial charge in [-0.2, -0.15) is 18.2 Å². The third kappa shape index (κ3) is 5.23. The summed E-state index contributed by atoms with van der Waals surface area (Å²) < 4.78 is 56.8. The summed E-state index contributed by atoms with van der Waals surface area (Å²) in [5.41, 5.74) is 0.0267. The van der Waals surface area contributed by atoms with Crippen LogP contribution in [0.1, 0.15) is 25.8 Å². The summed E-state index contributed by atoms with van der Waals surface area (Å²) in [5.74, 6) is -0.0621. The first-order valence-electron chi connectivity index (χ1n) is 12.7. The van der Waals surface area contributed by atoms with Gasteiger partial charge in [-0.05, 0) is 38.5 Å². The highest BCUT2D eigenvalue weighted by Gasteiger charge is 2.41. The fourth-order valence-electron chi connectivity index (χ4n) is 5.01. The second-order valence-electron chi connectivity index (χ2n) is 10.2. The summed E-state index contributed by atoms with van der Waals surface area (Å²) in [7, 11) is 0. The number of fused-ring (bicyclic) bond motifs is 4. The van der Waals surface area contributed by atoms with Crippen LogP contribution >= 0.6 is 0 Å². The van der Waals surface area contributed by atoms with Crippen molar-refractivity contribution >= 4 is 23.4 Å². The molecule has 0 aliphatic carbocycles. The van der Waals surface area contributed by atoms with Crippen LogP contribution in [0.5, 0.6) is 6.01 Å². The Labute approximate surface area is 227 Å². The molecule has 2 aromatic heterocycles. The highest BCUT2D eigenvalue weighted by atomic mass is 19.4. The number of nitrogens with zero attached hydrogens (tertiary/aromatic N) is 6. The fourth-order valence-corrected chi connectivity index (χ4v) is 5.01. The van der Waals surface area contributed by atoms with Crippen molar-refractivity contribution in [1.82, 2.24) is 19.9 Å². The Morgan fingerprint density at radius 1 is 1.23 bits per heavy atom. The maximum Gasteiger partial charge on any atom is 0.416 e. The second kappa shape index (κ2) is 9.86. The minimum atomic E-state index is -4.50. The number of benzene rings is 1. The molecule has 210 valence electrons. The maximum atomic E-state index is 13.6. The zero-order valence-corrected chi connectivity index (χ0v) is 21.7. The Kier molecular flexibility index (Phi) is 6.45. The van der Waals surface area contributed by atoms with E-state index in [1.807, 2.05) is 13.8 Å². The molecule has 11 nitrogen and oxygen atoms in total. The predicted octanol–water partition coefficient (Wildman–Crippen LogP) is 4.11. The van der Waals surface area contributed by atoms with Crippen LogP contribution in [0.15, 0.2) is 42.7 Å². The van der Waals surface area contributed by atoms with Crippen molar-refractivity contribution in [3.05, 3.63) is 48.3 Å². The molecule has 40 heavy (non-hydrogen) atoms. The molecule has 2 atom stereocenters. The number of hydrogen-bond acceptors (Lipinski definition) is 9. The molecule has 2 saturated heterocycles. The van der Waals surface area contributed by atoms with Gasteiger partial charge in [0, 0.05) is 24.8 Å². The molecule has 3 aromatic rings. The van der Waals surface area contributed by atoms with Gasteiger partial charge >= 0.3 is 18.2 Å². The molecule has 2 bridgehead atoms. The van der Waals surface area contributed by atoms with E-state index in [2.05, 4.69) is 30.2 Å². The molecule has 5 heterocycles. The Bertz CT molecular complexity index is 1440. The summed E-state index contributed by atoms with van der Waals surface area (Å²) >= 11 is 0. The lowest BCUT2D eigenvalue weighted by molar-refractivity contribution is -0.141. The number of amides is 2. The molecule has 2 fully saturated rings. The summed E-state index contributed by atoms with van der Waals surface area (Å²) in [6.07, 6.45) is -1.08. The van der Waals surface area contributed by atoms with Gasteiger partial charge in [-0.15, -0.1) is 0 Å². The van der Waals surface area contributed by atoms with Crippen molar-refractivity contribution < 1.29 is 32.2 Å². The Morgan fingerprint density at radius 3 is 2.85 bits per heavy atom. The average Bonchev–Trinajstić information content (AvgIpc) is 3.50. The van der Waals surface area contributed by atoms with E-state index in [4.69, 9.17) is 14.2 Å². The third-order valence-electron chi connectivity index (χ3n) is 6.85. The molecule has 6 rings (SSSR count). The molecule has 1 unspecified atom stereocenters. The summed E-state index contributed by atoms with van der Waals surface area (Å²) in [5, 5.41) is 2.78. The van der Waals surface area contributed by atoms with Gasteiger partial charge in [0.05, 0.1) is 30.1 Å². The molecule has 3 aliphatic heterocycles. The van der Waals surface area contributed by atoms with E-state index in [1.165, 1.54) is 29.3 Å². The van der Waals surface area contributed by atoms with E-state index in [-0.39, 0.29) is 42.0 Å². The van der Waals surface area contributed by atoms with Gasteiger partial charge in [0.1, 0.15) is 18.5 Å². The average molecular weight is 558 g/mol. The molecule has 1 N–H and O–H groups in total. The molecular weight excluding hydrogens is 531 g/mol. The number of carbonyl (C=O) groups excluding carboxylic acids is 1. The quantitative estimate of drug-likeness (QED) is 0.495. The Morgan fingerprint density at radius 2 is 2.08 bits per heavy atom. The van der Waals surface area contributed by atoms with Crippen LogP contribution < -0.4 is 19.9 Å². The van der Waals surface area contributed by atoms with Gasteiger partial charge in [-0.1, -0.05) is 12.1 Å². The topological polar surface area (TPSA) is 115 Å². The fraction of sp³-hybridized carbons (Fsp3) is 0.423. The van der Waals surface area contributed by atoms with Crippen LogP contribution in [-0.4, -0.2) is 70.2 Å². The van der Waals surface area contributed by atoms with Crippen LogP contribution in [0.3, 0.4) is 0 Å². The van der Waals surface area contributed by atoms with Crippen LogP contribution in [0.25, 0.3) is 11.4 Å². The summed E-state index contributed by atoms with van der Waals surface area (Å²) in [4.78, 5) is 34.4. The predicted molar refractivity (Wildman–Crippen MR) is 137 cm³/mol. The van der Waals surface area contributed by atoms with Crippen LogP contribution in [0, 0.1) is 0 Å². The lowest BCUT2D eigenvalue weighted by Gasteiger charge is -2.35. The van der Waals surface area contributed by atoms with E-state index in [0.717, 1.165) is 12.1 Å². The zero-order valence-electron chi connectivity index (χ0n) is 21.7. The molecule has 1 aromatic carbocycles. The van der Waals surface area contributed by atoms with Crippen LogP contribution in [0.2, 0.25) is 0 Å². The Balaban J connectivity index is 1.22. The molecule has 0 spiro atoms. The highest BCUT2D eigenvalue weighted by Crippen LogP contribution is 2.40. The van der Waals surface area contributed by atoms with E-state index in [1.54, 1.807) is 6.20 Å². The van der Waals surface area contributed by atoms with E-state index in [9.17, 15) is 18.0 Å². The van der Waals surface area contributed by atoms with Crippen LogP contribution in [-0.2, 0) is 15.7 Å². The number of alkyl halides is 3. The SMILES string of the molecule is CC1(C)OC[C@@H](COc2nccc(NC(=O)N3c4nc(-c5cccc(C(F)(F)F)c5)ncc4N4CCC3C4)n2)O1. The molecule has 0 radical (unpaired) electrons. The van der Waals surface area contributed by atoms with Gasteiger partial charge in [-0.3, -0.25) is 10.2 Å². The number of carbonyl (C=O) groups is 1. The number of halogens is 3. The van der Waals surface area contributed by atoms with Gasteiger partial charge in [0.15, 0.2) is 17.4 Å². The van der Waals surface area contributed by atoms with Crippen molar-refractivity contribution in [2.75, 3.05) is 41.4 Å². The largest absolute Gasteiger partial charge is 0.461 e. The van der Waals surface area contributed by atoms with Crippen LogP contribution in [0.4, 0.5) is 35.3 Å².